The molecule has 3 N–H and O–H groups in total. The maximum absolute atomic E-state index is 8.94. The monoisotopic (exact) mass is 272 g/mol. The van der Waals surface area contributed by atoms with Crippen molar-refractivity contribution in [2.75, 3.05) is 32.8 Å². The third kappa shape index (κ3) is 14.1. The van der Waals surface area contributed by atoms with Crippen molar-refractivity contribution in [1.29, 1.82) is 0 Å². The van der Waals surface area contributed by atoms with E-state index in [0.29, 0.717) is 6.54 Å². The molecular formula is C16H36N2O. The summed E-state index contributed by atoms with van der Waals surface area (Å²) in [6.07, 6.45) is 13.7. The highest BCUT2D eigenvalue weighted by Crippen LogP contribution is 2.10. The second kappa shape index (κ2) is 15.9. The molecule has 0 aliphatic heterocycles. The lowest BCUT2D eigenvalue weighted by Crippen LogP contribution is -2.32. The van der Waals surface area contributed by atoms with Crippen molar-refractivity contribution in [2.24, 2.45) is 5.73 Å². The van der Waals surface area contributed by atoms with Gasteiger partial charge in [0.05, 0.1) is 6.61 Å². The Kier molecular flexibility index (Phi) is 15.8. The molecule has 0 radical (unpaired) electrons. The third-order valence-corrected chi connectivity index (χ3v) is 3.69. The number of hydrogen-bond acceptors (Lipinski definition) is 3. The zero-order valence-electron chi connectivity index (χ0n) is 13.1. The largest absolute Gasteiger partial charge is 0.395 e. The minimum atomic E-state index is 0.248. The van der Waals surface area contributed by atoms with Crippen LogP contribution < -0.4 is 5.73 Å². The van der Waals surface area contributed by atoms with Gasteiger partial charge in [0.1, 0.15) is 0 Å². The fraction of sp³-hybridized carbons (Fsp3) is 1.00. The highest BCUT2D eigenvalue weighted by Gasteiger charge is 2.02. The van der Waals surface area contributed by atoms with Crippen LogP contribution in [-0.4, -0.2) is 42.8 Å². The van der Waals surface area contributed by atoms with E-state index in [1.165, 1.54) is 64.2 Å². The molecule has 0 unspecified atom stereocenters. The fourth-order valence-electron chi connectivity index (χ4n) is 2.48. The van der Waals surface area contributed by atoms with Crippen molar-refractivity contribution in [3.63, 3.8) is 0 Å². The van der Waals surface area contributed by atoms with Crippen molar-refractivity contribution in [2.45, 2.75) is 71.1 Å². The molecule has 0 aliphatic carbocycles. The second-order valence-electron chi connectivity index (χ2n) is 5.54. The zero-order valence-corrected chi connectivity index (χ0v) is 13.1. The number of rotatable bonds is 15. The summed E-state index contributed by atoms with van der Waals surface area (Å²) in [6, 6.07) is 0. The first-order chi connectivity index (χ1) is 9.35. The lowest BCUT2D eigenvalue weighted by Gasteiger charge is -2.20. The van der Waals surface area contributed by atoms with Crippen LogP contribution in [0.1, 0.15) is 71.1 Å². The lowest BCUT2D eigenvalue weighted by molar-refractivity contribution is 0.196. The summed E-state index contributed by atoms with van der Waals surface area (Å²) in [6.45, 7) is 5.99. The number of aliphatic hydroxyl groups excluding tert-OH is 1. The van der Waals surface area contributed by atoms with Crippen LogP contribution in [0, 0.1) is 0 Å². The molecule has 0 rings (SSSR count). The summed E-state index contributed by atoms with van der Waals surface area (Å²) in [7, 11) is 0. The van der Waals surface area contributed by atoms with Crippen molar-refractivity contribution in [3.05, 3.63) is 0 Å². The Labute approximate surface area is 120 Å². The van der Waals surface area contributed by atoms with Crippen LogP contribution in [0.2, 0.25) is 0 Å². The third-order valence-electron chi connectivity index (χ3n) is 3.69. The van der Waals surface area contributed by atoms with Gasteiger partial charge in [0.15, 0.2) is 0 Å². The predicted octanol–water partition coefficient (Wildman–Crippen LogP) is 3.16. The summed E-state index contributed by atoms with van der Waals surface area (Å²) in [4.78, 5) is 2.27. The average Bonchev–Trinajstić information content (AvgIpc) is 2.41. The molecule has 0 aliphatic rings. The standard InChI is InChI=1S/C16H36N2O/c1-2-3-4-5-6-7-8-9-10-11-13-18(14-12-17)15-16-19/h19H,2-17H2,1H3. The van der Waals surface area contributed by atoms with Gasteiger partial charge in [-0.1, -0.05) is 64.7 Å². The molecule has 0 spiro atoms. The first kappa shape index (κ1) is 18.9. The molecule has 19 heavy (non-hydrogen) atoms. The van der Waals surface area contributed by atoms with Crippen LogP contribution >= 0.6 is 0 Å². The Morgan fingerprint density at radius 1 is 0.737 bits per heavy atom. The molecule has 0 saturated heterocycles. The SMILES string of the molecule is CCCCCCCCCCCCN(CCN)CCO. The summed E-state index contributed by atoms with van der Waals surface area (Å²) in [5.74, 6) is 0. The van der Waals surface area contributed by atoms with Gasteiger partial charge >= 0.3 is 0 Å². The minimum Gasteiger partial charge on any atom is -0.395 e. The van der Waals surface area contributed by atoms with Crippen LogP contribution in [-0.2, 0) is 0 Å². The minimum absolute atomic E-state index is 0.248. The van der Waals surface area contributed by atoms with E-state index < -0.39 is 0 Å². The van der Waals surface area contributed by atoms with Crippen LogP contribution in [0.25, 0.3) is 0 Å². The number of hydrogen-bond donors (Lipinski definition) is 2. The van der Waals surface area contributed by atoms with E-state index in [4.69, 9.17) is 10.8 Å². The smallest absolute Gasteiger partial charge is 0.0558 e. The first-order valence-electron chi connectivity index (χ1n) is 8.38. The van der Waals surface area contributed by atoms with Gasteiger partial charge in [0.25, 0.3) is 0 Å². The predicted molar refractivity (Wildman–Crippen MR) is 84.4 cm³/mol. The van der Waals surface area contributed by atoms with E-state index in [1.807, 2.05) is 0 Å². The number of nitrogens with two attached hydrogens (primary N) is 1. The molecule has 3 nitrogen and oxygen atoms in total. The number of unbranched alkanes of at least 4 members (excludes halogenated alkanes) is 9. The Hall–Kier alpha value is -0.120. The van der Waals surface area contributed by atoms with Gasteiger partial charge in [-0.05, 0) is 13.0 Å². The van der Waals surface area contributed by atoms with E-state index in [0.717, 1.165) is 19.6 Å². The van der Waals surface area contributed by atoms with Crippen LogP contribution in [0.5, 0.6) is 0 Å². The summed E-state index contributed by atoms with van der Waals surface area (Å²) >= 11 is 0. The van der Waals surface area contributed by atoms with Crippen molar-refractivity contribution < 1.29 is 5.11 Å². The molecule has 3 heteroatoms. The molecule has 0 bridgehead atoms. The summed E-state index contributed by atoms with van der Waals surface area (Å²) < 4.78 is 0. The highest BCUT2D eigenvalue weighted by molar-refractivity contribution is 4.58. The van der Waals surface area contributed by atoms with Gasteiger partial charge in [0.2, 0.25) is 0 Å². The van der Waals surface area contributed by atoms with Gasteiger partial charge in [-0.2, -0.15) is 0 Å². The molecule has 0 aromatic carbocycles. The van der Waals surface area contributed by atoms with E-state index in [2.05, 4.69) is 11.8 Å². The fourth-order valence-corrected chi connectivity index (χ4v) is 2.48. The maximum atomic E-state index is 8.94. The van der Waals surface area contributed by atoms with Crippen LogP contribution in [0.4, 0.5) is 0 Å². The van der Waals surface area contributed by atoms with Crippen molar-refractivity contribution >= 4 is 0 Å². The van der Waals surface area contributed by atoms with Gasteiger partial charge in [-0.15, -0.1) is 0 Å². The lowest BCUT2D eigenvalue weighted by atomic mass is 10.1. The highest BCUT2D eigenvalue weighted by atomic mass is 16.3. The molecule has 0 fully saturated rings. The molecule has 0 saturated carbocycles. The second-order valence-corrected chi connectivity index (χ2v) is 5.54. The summed E-state index contributed by atoms with van der Waals surface area (Å²) in [5, 5.41) is 8.94. The van der Waals surface area contributed by atoms with Gasteiger partial charge in [0, 0.05) is 19.6 Å². The zero-order chi connectivity index (χ0) is 14.2. The molecular weight excluding hydrogens is 236 g/mol. The number of nitrogens with zero attached hydrogens (tertiary/aromatic N) is 1. The molecule has 0 heterocycles. The Morgan fingerprint density at radius 2 is 1.26 bits per heavy atom. The van der Waals surface area contributed by atoms with E-state index >= 15 is 0 Å². The maximum Gasteiger partial charge on any atom is 0.0558 e. The van der Waals surface area contributed by atoms with E-state index in [1.54, 1.807) is 0 Å². The van der Waals surface area contributed by atoms with Gasteiger partial charge in [-0.3, -0.25) is 4.90 Å². The van der Waals surface area contributed by atoms with E-state index in [-0.39, 0.29) is 6.61 Å². The molecule has 0 aromatic heterocycles. The van der Waals surface area contributed by atoms with Crippen molar-refractivity contribution in [3.8, 4) is 0 Å². The summed E-state index contributed by atoms with van der Waals surface area (Å²) in [5.41, 5.74) is 5.56. The Morgan fingerprint density at radius 3 is 1.74 bits per heavy atom. The quantitative estimate of drug-likeness (QED) is 0.450. The van der Waals surface area contributed by atoms with Gasteiger partial charge < -0.3 is 10.8 Å². The van der Waals surface area contributed by atoms with Crippen LogP contribution in [0.15, 0.2) is 0 Å². The Balaban J connectivity index is 3.20. The molecule has 0 atom stereocenters. The average molecular weight is 272 g/mol. The normalized spacial score (nSPS) is 11.4. The number of aliphatic hydroxyl groups is 1. The molecule has 116 valence electrons. The van der Waals surface area contributed by atoms with E-state index in [9.17, 15) is 0 Å². The molecule has 0 amide bonds. The first-order valence-corrected chi connectivity index (χ1v) is 8.38. The van der Waals surface area contributed by atoms with Gasteiger partial charge in [-0.25, -0.2) is 0 Å². The topological polar surface area (TPSA) is 49.5 Å². The Bertz CT molecular complexity index is 159. The molecule has 0 aromatic rings. The van der Waals surface area contributed by atoms with Crippen LogP contribution in [0.3, 0.4) is 0 Å². The van der Waals surface area contributed by atoms with Crippen molar-refractivity contribution in [1.82, 2.24) is 4.90 Å².